The Balaban J connectivity index is 0.00000144. The van der Waals surface area contributed by atoms with Gasteiger partial charge < -0.3 is 0 Å². The zero-order valence-electron chi connectivity index (χ0n) is 13.6. The summed E-state index contributed by atoms with van der Waals surface area (Å²) in [6.45, 7) is 4.75. The average Bonchev–Trinajstić information content (AvgIpc) is 2.99. The van der Waals surface area contributed by atoms with Crippen molar-refractivity contribution in [2.75, 3.05) is 0 Å². The summed E-state index contributed by atoms with van der Waals surface area (Å²) in [6.07, 6.45) is 7.17. The third-order valence-electron chi connectivity index (χ3n) is 5.14. The van der Waals surface area contributed by atoms with Gasteiger partial charge in [0.2, 0.25) is 0 Å². The van der Waals surface area contributed by atoms with Crippen LogP contribution in [0.3, 0.4) is 0 Å². The third-order valence-corrected chi connectivity index (χ3v) is 8.10. The van der Waals surface area contributed by atoms with Crippen molar-refractivity contribution in [3.63, 3.8) is 0 Å². The van der Waals surface area contributed by atoms with Crippen molar-refractivity contribution in [2.45, 2.75) is 24.4 Å². The van der Waals surface area contributed by atoms with Crippen molar-refractivity contribution in [1.82, 2.24) is 0 Å². The molecular formula is C20H20LiSi. The maximum absolute atomic E-state index is 2.46. The van der Waals surface area contributed by atoms with Gasteiger partial charge in [0.25, 0.3) is 0 Å². The van der Waals surface area contributed by atoms with Gasteiger partial charge in [0.1, 0.15) is 0 Å². The van der Waals surface area contributed by atoms with Gasteiger partial charge >= 0.3 is 0 Å². The first-order chi connectivity index (χ1) is 10.2. The van der Waals surface area contributed by atoms with E-state index in [1.165, 1.54) is 16.7 Å². The second kappa shape index (κ2) is 5.74. The Kier molecular flexibility index (Phi) is 4.08. The Morgan fingerprint density at radius 1 is 0.955 bits per heavy atom. The smallest absolute Gasteiger partial charge is 0.0506 e. The quantitative estimate of drug-likeness (QED) is 0.738. The summed E-state index contributed by atoms with van der Waals surface area (Å²) >= 11 is 0. The summed E-state index contributed by atoms with van der Waals surface area (Å²) in [5, 5.41) is 0.286. The van der Waals surface area contributed by atoms with E-state index in [2.05, 4.69) is 80.6 Å². The molecule has 2 atom stereocenters. The van der Waals surface area contributed by atoms with Gasteiger partial charge in [-0.1, -0.05) is 79.3 Å². The van der Waals surface area contributed by atoms with Gasteiger partial charge in [0.05, 0.1) is 9.52 Å². The third kappa shape index (κ3) is 2.38. The Morgan fingerprint density at radius 2 is 1.64 bits per heavy atom. The molecule has 4 rings (SSSR count). The van der Waals surface area contributed by atoms with Crippen LogP contribution in [-0.4, -0.2) is 28.4 Å². The van der Waals surface area contributed by atoms with Crippen molar-refractivity contribution in [2.24, 2.45) is 0 Å². The van der Waals surface area contributed by atoms with E-state index in [0.717, 1.165) is 0 Å². The molecular weight excluding hydrogens is 275 g/mol. The van der Waals surface area contributed by atoms with Crippen molar-refractivity contribution in [3.8, 4) is 0 Å². The maximum atomic E-state index is 2.46. The van der Waals surface area contributed by atoms with E-state index in [0.29, 0.717) is 5.54 Å². The Morgan fingerprint density at radius 3 is 2.45 bits per heavy atom. The number of hydrogen-bond donors (Lipinski definition) is 0. The molecule has 2 aliphatic rings. The van der Waals surface area contributed by atoms with Gasteiger partial charge in [-0.25, -0.2) is 0 Å². The van der Waals surface area contributed by atoms with Crippen LogP contribution in [0.15, 0.2) is 60.2 Å². The minimum atomic E-state index is -0.352. The average molecular weight is 295 g/mol. The summed E-state index contributed by atoms with van der Waals surface area (Å²) in [6, 6.07) is 17.8. The van der Waals surface area contributed by atoms with Crippen LogP contribution >= 0.6 is 0 Å². The number of fused-ring (bicyclic) bond motifs is 2. The molecule has 105 valence electrons. The molecule has 0 bridgehead atoms. The first-order valence-electron chi connectivity index (χ1n) is 7.73. The van der Waals surface area contributed by atoms with Crippen LogP contribution in [0.2, 0.25) is 0 Å². The van der Waals surface area contributed by atoms with Gasteiger partial charge in [0, 0.05) is 23.9 Å². The number of rotatable bonds is 2. The second-order valence-corrected chi connectivity index (χ2v) is 9.31. The van der Waals surface area contributed by atoms with Crippen LogP contribution in [0, 0.1) is 0 Å². The predicted octanol–water partition coefficient (Wildman–Crippen LogP) is 3.87. The van der Waals surface area contributed by atoms with Gasteiger partial charge in [-0.15, -0.1) is 0 Å². The maximum Gasteiger partial charge on any atom is 0.0506 e. The summed E-state index contributed by atoms with van der Waals surface area (Å²) < 4.78 is 0. The normalized spacial score (nSPS) is 25.0. The Hall–Kier alpha value is -1.27. The molecule has 2 aromatic carbocycles. The largest absolute Gasteiger partial charge is 0.0770 e. The SMILES string of the molecule is CC1=Cc2ccccc2C1[SiH2]C1(C)C=Cc2ccccc21.[Li]. The van der Waals surface area contributed by atoms with Crippen LogP contribution in [-0.2, 0) is 5.04 Å². The molecule has 0 nitrogen and oxygen atoms in total. The minimum Gasteiger partial charge on any atom is -0.0770 e. The first kappa shape index (κ1) is 15.6. The molecule has 2 aliphatic carbocycles. The standard InChI is InChI=1S/C20H20Si.Li/c1-14-13-16-8-3-5-9-17(16)19(14)21-20(2)12-11-15-7-4-6-10-18(15)20;/h3-13,19H,21H2,1-2H3;. The van der Waals surface area contributed by atoms with E-state index in [9.17, 15) is 0 Å². The fourth-order valence-corrected chi connectivity index (χ4v) is 6.63. The molecule has 0 fully saturated rings. The van der Waals surface area contributed by atoms with E-state index in [1.807, 2.05) is 0 Å². The Labute approximate surface area is 147 Å². The van der Waals surface area contributed by atoms with Crippen LogP contribution in [0.5, 0.6) is 0 Å². The summed E-state index contributed by atoms with van der Waals surface area (Å²) in [4.78, 5) is 0. The van der Waals surface area contributed by atoms with Gasteiger partial charge in [-0.3, -0.25) is 0 Å². The van der Waals surface area contributed by atoms with Crippen molar-refractivity contribution in [1.29, 1.82) is 0 Å². The van der Waals surface area contributed by atoms with Crippen LogP contribution < -0.4 is 0 Å². The fraction of sp³-hybridized carbons (Fsp3) is 0.200. The van der Waals surface area contributed by atoms with E-state index in [4.69, 9.17) is 0 Å². The molecule has 0 spiro atoms. The van der Waals surface area contributed by atoms with Crippen molar-refractivity contribution in [3.05, 3.63) is 82.4 Å². The predicted molar refractivity (Wildman–Crippen MR) is 100.0 cm³/mol. The van der Waals surface area contributed by atoms with Crippen LogP contribution in [0.1, 0.15) is 41.6 Å². The van der Waals surface area contributed by atoms with E-state index in [1.54, 1.807) is 11.1 Å². The number of hydrogen-bond acceptors (Lipinski definition) is 0. The van der Waals surface area contributed by atoms with Gasteiger partial charge in [0.15, 0.2) is 0 Å². The molecule has 0 aromatic heterocycles. The molecule has 1 radical (unpaired) electrons. The number of allylic oxidation sites excluding steroid dienone is 2. The zero-order valence-corrected chi connectivity index (χ0v) is 15.0. The molecule has 2 aromatic rings. The van der Waals surface area contributed by atoms with E-state index in [-0.39, 0.29) is 33.4 Å². The van der Waals surface area contributed by atoms with Gasteiger partial charge in [-0.05, 0) is 34.7 Å². The fourth-order valence-electron chi connectivity index (χ4n) is 3.95. The molecule has 2 heteroatoms. The van der Waals surface area contributed by atoms with E-state index < -0.39 is 0 Å². The second-order valence-electron chi connectivity index (χ2n) is 6.61. The first-order valence-corrected chi connectivity index (χ1v) is 9.26. The summed E-state index contributed by atoms with van der Waals surface area (Å²) in [5.74, 6) is 0. The van der Waals surface area contributed by atoms with Gasteiger partial charge in [-0.2, -0.15) is 0 Å². The molecule has 0 amide bonds. The number of benzene rings is 2. The molecule has 0 heterocycles. The molecule has 0 aliphatic heterocycles. The molecule has 22 heavy (non-hydrogen) atoms. The summed E-state index contributed by atoms with van der Waals surface area (Å²) in [7, 11) is -0.352. The topological polar surface area (TPSA) is 0 Å². The Bertz CT molecular complexity index is 775. The van der Waals surface area contributed by atoms with Crippen LogP contribution in [0.25, 0.3) is 12.2 Å². The minimum absolute atomic E-state index is 0. The monoisotopic (exact) mass is 295 g/mol. The van der Waals surface area contributed by atoms with Crippen molar-refractivity contribution < 1.29 is 0 Å². The van der Waals surface area contributed by atoms with E-state index >= 15 is 0 Å². The summed E-state index contributed by atoms with van der Waals surface area (Å²) in [5.41, 5.74) is 8.19. The zero-order chi connectivity index (χ0) is 14.4. The molecule has 0 N–H and O–H groups in total. The van der Waals surface area contributed by atoms with Crippen LogP contribution in [0.4, 0.5) is 0 Å². The molecule has 0 saturated heterocycles. The molecule has 2 unspecified atom stereocenters. The molecule has 0 saturated carbocycles. The van der Waals surface area contributed by atoms with Crippen molar-refractivity contribution >= 4 is 40.5 Å².